The van der Waals surface area contributed by atoms with Gasteiger partial charge in [-0.1, -0.05) is 17.3 Å². The van der Waals surface area contributed by atoms with Gasteiger partial charge in [0.05, 0.1) is 11.9 Å². The molecule has 0 radical (unpaired) electrons. The highest BCUT2D eigenvalue weighted by Gasteiger charge is 2.22. The summed E-state index contributed by atoms with van der Waals surface area (Å²) in [5, 5.41) is 22.2. The largest absolute Gasteiger partial charge is 0.393 e. The van der Waals surface area contributed by atoms with Gasteiger partial charge in [0.15, 0.2) is 11.2 Å². The van der Waals surface area contributed by atoms with Crippen LogP contribution in [-0.2, 0) is 0 Å². The lowest BCUT2D eigenvalue weighted by molar-refractivity contribution is 0.685. The molecule has 144 valence electrons. The Labute approximate surface area is 162 Å². The number of anilines is 1. The summed E-state index contributed by atoms with van der Waals surface area (Å²) in [4.78, 5) is 8.97. The SMILES string of the molecule is CN/C=C(\C=N)c1ccc(-n2nnc3cnc(N[C@@H]4CC[C@H](N)C4)nc32)cc1. The summed E-state index contributed by atoms with van der Waals surface area (Å²) < 4.78 is 1.69. The lowest BCUT2D eigenvalue weighted by atomic mass is 10.1. The van der Waals surface area contributed by atoms with Crippen LogP contribution in [0.15, 0.2) is 36.7 Å². The summed E-state index contributed by atoms with van der Waals surface area (Å²) in [6.07, 6.45) is 7.75. The highest BCUT2D eigenvalue weighted by atomic mass is 15.4. The maximum absolute atomic E-state index is 7.54. The topological polar surface area (TPSA) is 130 Å². The molecule has 1 fully saturated rings. The van der Waals surface area contributed by atoms with Crippen molar-refractivity contribution in [2.45, 2.75) is 31.3 Å². The first kappa shape index (κ1) is 18.1. The molecular formula is C19H23N9. The minimum absolute atomic E-state index is 0.245. The maximum Gasteiger partial charge on any atom is 0.225 e. The highest BCUT2D eigenvalue weighted by molar-refractivity contribution is 6.08. The summed E-state index contributed by atoms with van der Waals surface area (Å²) in [5.41, 5.74) is 9.84. The predicted molar refractivity (Wildman–Crippen MR) is 110 cm³/mol. The molecule has 0 saturated heterocycles. The molecule has 1 aromatic carbocycles. The van der Waals surface area contributed by atoms with Crippen molar-refractivity contribution in [3.63, 3.8) is 0 Å². The molecule has 2 heterocycles. The molecule has 0 unspecified atom stereocenters. The number of rotatable bonds is 6. The Balaban J connectivity index is 1.62. The molecule has 2 aromatic heterocycles. The van der Waals surface area contributed by atoms with Crippen molar-refractivity contribution in [2.24, 2.45) is 5.73 Å². The van der Waals surface area contributed by atoms with E-state index in [9.17, 15) is 0 Å². The normalized spacial score (nSPS) is 19.7. The van der Waals surface area contributed by atoms with Gasteiger partial charge in [0.2, 0.25) is 5.95 Å². The molecule has 1 saturated carbocycles. The molecule has 3 aromatic rings. The number of benzene rings is 1. The number of nitrogens with zero attached hydrogens (tertiary/aromatic N) is 5. The zero-order valence-electron chi connectivity index (χ0n) is 15.6. The fraction of sp³-hybridized carbons (Fsp3) is 0.316. The Hall–Kier alpha value is -3.33. The smallest absolute Gasteiger partial charge is 0.225 e. The van der Waals surface area contributed by atoms with Gasteiger partial charge in [-0.3, -0.25) is 0 Å². The van der Waals surface area contributed by atoms with Gasteiger partial charge in [0.25, 0.3) is 0 Å². The van der Waals surface area contributed by atoms with Crippen molar-refractivity contribution in [3.8, 4) is 5.69 Å². The second kappa shape index (κ2) is 7.73. The lowest BCUT2D eigenvalue weighted by Crippen LogP contribution is -2.21. The van der Waals surface area contributed by atoms with E-state index in [2.05, 4.69) is 30.9 Å². The van der Waals surface area contributed by atoms with Crippen molar-refractivity contribution in [3.05, 3.63) is 42.2 Å². The van der Waals surface area contributed by atoms with Crippen molar-refractivity contribution in [2.75, 3.05) is 12.4 Å². The van der Waals surface area contributed by atoms with Crippen molar-refractivity contribution in [1.82, 2.24) is 30.3 Å². The molecule has 1 aliphatic rings. The van der Waals surface area contributed by atoms with Crippen molar-refractivity contribution in [1.29, 1.82) is 5.41 Å². The van der Waals surface area contributed by atoms with E-state index in [0.717, 1.165) is 36.1 Å². The van der Waals surface area contributed by atoms with Gasteiger partial charge in [-0.2, -0.15) is 9.67 Å². The van der Waals surface area contributed by atoms with E-state index in [1.54, 1.807) is 17.1 Å². The van der Waals surface area contributed by atoms with Crippen LogP contribution in [0.25, 0.3) is 22.4 Å². The van der Waals surface area contributed by atoms with E-state index in [0.29, 0.717) is 23.2 Å². The number of allylic oxidation sites excluding steroid dienone is 1. The van der Waals surface area contributed by atoms with Crippen LogP contribution in [0, 0.1) is 5.41 Å². The molecule has 28 heavy (non-hydrogen) atoms. The molecule has 1 aliphatic carbocycles. The third-order valence-electron chi connectivity index (χ3n) is 4.90. The Morgan fingerprint density at radius 3 is 2.79 bits per heavy atom. The zero-order valence-corrected chi connectivity index (χ0v) is 15.6. The van der Waals surface area contributed by atoms with Gasteiger partial charge in [0, 0.05) is 37.1 Å². The quantitative estimate of drug-likeness (QED) is 0.481. The van der Waals surface area contributed by atoms with Gasteiger partial charge >= 0.3 is 0 Å². The van der Waals surface area contributed by atoms with Crippen LogP contribution >= 0.6 is 0 Å². The van der Waals surface area contributed by atoms with E-state index in [1.165, 1.54) is 6.21 Å². The fourth-order valence-electron chi connectivity index (χ4n) is 3.46. The Morgan fingerprint density at radius 2 is 2.11 bits per heavy atom. The van der Waals surface area contributed by atoms with Gasteiger partial charge in [0.1, 0.15) is 0 Å². The molecule has 4 rings (SSSR count). The van der Waals surface area contributed by atoms with E-state index < -0.39 is 0 Å². The lowest BCUT2D eigenvalue weighted by Gasteiger charge is -2.12. The van der Waals surface area contributed by atoms with E-state index in [1.807, 2.05) is 31.3 Å². The number of fused-ring (bicyclic) bond motifs is 1. The number of hydrogen-bond donors (Lipinski definition) is 4. The first-order valence-electron chi connectivity index (χ1n) is 9.27. The molecule has 0 spiro atoms. The Bertz CT molecular complexity index is 1010. The predicted octanol–water partition coefficient (Wildman–Crippen LogP) is 1.71. The maximum atomic E-state index is 7.54. The summed E-state index contributed by atoms with van der Waals surface area (Å²) in [5.74, 6) is 0.565. The average Bonchev–Trinajstić information content (AvgIpc) is 3.32. The number of aromatic nitrogens is 5. The van der Waals surface area contributed by atoms with Gasteiger partial charge in [-0.15, -0.1) is 5.10 Å². The average molecular weight is 377 g/mol. The standard InChI is InChI=1S/C19H23N9/c1-22-10-13(9-20)12-2-6-16(7-3-12)28-18-17(26-27-28)11-23-19(25-18)24-15-5-4-14(21)8-15/h2-3,6-7,9-11,14-15,20,22H,4-5,8,21H2,1H3,(H,23,24,25)/b13-10+,20-9?/t14-,15+/m0/s1. The van der Waals surface area contributed by atoms with E-state index in [-0.39, 0.29) is 6.04 Å². The van der Waals surface area contributed by atoms with Crippen LogP contribution in [0.2, 0.25) is 0 Å². The van der Waals surface area contributed by atoms with Crippen LogP contribution in [0.3, 0.4) is 0 Å². The molecule has 9 nitrogen and oxygen atoms in total. The fourth-order valence-corrected chi connectivity index (χ4v) is 3.46. The third-order valence-corrected chi connectivity index (χ3v) is 4.90. The minimum atomic E-state index is 0.245. The zero-order chi connectivity index (χ0) is 19.5. The molecule has 0 aliphatic heterocycles. The number of nitrogens with two attached hydrogens (primary N) is 1. The number of hydrogen-bond acceptors (Lipinski definition) is 8. The first-order valence-corrected chi connectivity index (χ1v) is 9.27. The molecule has 0 bridgehead atoms. The monoisotopic (exact) mass is 377 g/mol. The van der Waals surface area contributed by atoms with Crippen LogP contribution in [0.5, 0.6) is 0 Å². The summed E-state index contributed by atoms with van der Waals surface area (Å²) in [6, 6.07) is 8.29. The molecule has 9 heteroatoms. The summed E-state index contributed by atoms with van der Waals surface area (Å²) >= 11 is 0. The summed E-state index contributed by atoms with van der Waals surface area (Å²) in [7, 11) is 1.81. The first-order chi connectivity index (χ1) is 13.7. The van der Waals surface area contributed by atoms with Crippen LogP contribution in [-0.4, -0.2) is 50.3 Å². The van der Waals surface area contributed by atoms with E-state index >= 15 is 0 Å². The van der Waals surface area contributed by atoms with Crippen LogP contribution in [0.1, 0.15) is 24.8 Å². The van der Waals surface area contributed by atoms with Gasteiger partial charge in [-0.05, 0) is 37.0 Å². The number of nitrogens with one attached hydrogen (secondary N) is 3. The van der Waals surface area contributed by atoms with Gasteiger partial charge in [-0.25, -0.2) is 4.98 Å². The molecular weight excluding hydrogens is 354 g/mol. The molecule has 0 amide bonds. The van der Waals surface area contributed by atoms with Crippen LogP contribution in [0.4, 0.5) is 5.95 Å². The Morgan fingerprint density at radius 1 is 1.29 bits per heavy atom. The minimum Gasteiger partial charge on any atom is -0.393 e. The van der Waals surface area contributed by atoms with Crippen molar-refractivity contribution >= 4 is 28.9 Å². The van der Waals surface area contributed by atoms with Crippen molar-refractivity contribution < 1.29 is 0 Å². The molecule has 5 N–H and O–H groups in total. The van der Waals surface area contributed by atoms with Gasteiger partial charge < -0.3 is 21.8 Å². The highest BCUT2D eigenvalue weighted by Crippen LogP contribution is 2.22. The Kier molecular flexibility index (Phi) is 4.98. The second-order valence-corrected chi connectivity index (χ2v) is 6.90. The van der Waals surface area contributed by atoms with E-state index in [4.69, 9.17) is 11.1 Å². The molecule has 2 atom stereocenters. The third kappa shape index (κ3) is 3.56. The summed E-state index contributed by atoms with van der Waals surface area (Å²) in [6.45, 7) is 0. The second-order valence-electron chi connectivity index (χ2n) is 6.90. The van der Waals surface area contributed by atoms with Crippen LogP contribution < -0.4 is 16.4 Å².